The first kappa shape index (κ1) is 14.2. The highest BCUT2D eigenvalue weighted by Crippen LogP contribution is 2.30. The van der Waals surface area contributed by atoms with Gasteiger partial charge in [-0.05, 0) is 31.0 Å². The normalized spacial score (nSPS) is 17.2. The molecule has 102 valence electrons. The number of carbonyl (C=O) groups excluding carboxylic acids is 1. The van der Waals surface area contributed by atoms with Crippen LogP contribution in [0.4, 0.5) is 4.39 Å². The van der Waals surface area contributed by atoms with Crippen LogP contribution in [0.25, 0.3) is 0 Å². The highest BCUT2D eigenvalue weighted by molar-refractivity contribution is 7.80. The molecule has 0 heterocycles. The predicted octanol–water partition coefficient (Wildman–Crippen LogP) is 2.81. The van der Waals surface area contributed by atoms with E-state index in [0.717, 1.165) is 18.9 Å². The Labute approximate surface area is 121 Å². The van der Waals surface area contributed by atoms with Crippen molar-refractivity contribution in [3.8, 4) is 0 Å². The molecule has 1 aliphatic rings. The van der Waals surface area contributed by atoms with Gasteiger partial charge < -0.3 is 11.1 Å². The van der Waals surface area contributed by atoms with Crippen LogP contribution in [0, 0.1) is 5.82 Å². The standard InChI is InChI=1S/C13H14ClFN2OS/c14-8-3-4-9(10(15)7-8)11(18)17-13(12(16)19)5-1-2-6-13/h3-4,7H,1-2,5-6H2,(H2,16,19)(H,17,18). The molecule has 1 amide bonds. The van der Waals surface area contributed by atoms with E-state index < -0.39 is 17.3 Å². The summed E-state index contributed by atoms with van der Waals surface area (Å²) in [5.74, 6) is -1.16. The number of halogens is 2. The molecule has 0 saturated heterocycles. The molecule has 3 nitrogen and oxygen atoms in total. The first-order valence-corrected chi connectivity index (χ1v) is 6.81. The quantitative estimate of drug-likeness (QED) is 0.844. The molecule has 0 atom stereocenters. The summed E-state index contributed by atoms with van der Waals surface area (Å²) in [5, 5.41) is 3.03. The summed E-state index contributed by atoms with van der Waals surface area (Å²) >= 11 is 10.7. The number of nitrogens with one attached hydrogen (secondary N) is 1. The number of hydrogen-bond donors (Lipinski definition) is 2. The van der Waals surface area contributed by atoms with Gasteiger partial charge in [-0.25, -0.2) is 4.39 Å². The minimum Gasteiger partial charge on any atom is -0.391 e. The Morgan fingerprint density at radius 2 is 2.05 bits per heavy atom. The molecule has 0 radical (unpaired) electrons. The smallest absolute Gasteiger partial charge is 0.255 e. The van der Waals surface area contributed by atoms with Crippen molar-refractivity contribution in [2.75, 3.05) is 0 Å². The molecule has 0 spiro atoms. The maximum absolute atomic E-state index is 13.7. The number of hydrogen-bond acceptors (Lipinski definition) is 2. The van der Waals surface area contributed by atoms with Crippen molar-refractivity contribution in [3.63, 3.8) is 0 Å². The summed E-state index contributed by atoms with van der Waals surface area (Å²) in [6.45, 7) is 0. The maximum Gasteiger partial charge on any atom is 0.255 e. The zero-order chi connectivity index (χ0) is 14.0. The molecule has 1 aliphatic carbocycles. The SMILES string of the molecule is NC(=S)C1(NC(=O)c2ccc(Cl)cc2F)CCCC1. The summed E-state index contributed by atoms with van der Waals surface area (Å²) in [4.78, 5) is 12.4. The lowest BCUT2D eigenvalue weighted by Gasteiger charge is -2.29. The topological polar surface area (TPSA) is 55.1 Å². The molecule has 0 aliphatic heterocycles. The third-order valence-electron chi connectivity index (χ3n) is 3.46. The van der Waals surface area contributed by atoms with Gasteiger partial charge in [0, 0.05) is 5.02 Å². The Kier molecular flexibility index (Phi) is 4.06. The molecular formula is C13H14ClFN2OS. The average molecular weight is 301 g/mol. The molecule has 1 fully saturated rings. The van der Waals surface area contributed by atoms with E-state index in [-0.39, 0.29) is 15.6 Å². The molecule has 1 aromatic rings. The van der Waals surface area contributed by atoms with Gasteiger partial charge in [-0.2, -0.15) is 0 Å². The van der Waals surface area contributed by atoms with Gasteiger partial charge in [-0.1, -0.05) is 36.7 Å². The van der Waals surface area contributed by atoms with E-state index in [0.29, 0.717) is 12.8 Å². The van der Waals surface area contributed by atoms with Crippen LogP contribution in [-0.2, 0) is 0 Å². The fraction of sp³-hybridized carbons (Fsp3) is 0.385. The number of rotatable bonds is 3. The largest absolute Gasteiger partial charge is 0.391 e. The number of nitrogens with two attached hydrogens (primary N) is 1. The summed E-state index contributed by atoms with van der Waals surface area (Å²) in [5.41, 5.74) is 4.99. The summed E-state index contributed by atoms with van der Waals surface area (Å²) in [6.07, 6.45) is 3.29. The lowest BCUT2D eigenvalue weighted by atomic mass is 9.97. The van der Waals surface area contributed by atoms with Crippen LogP contribution >= 0.6 is 23.8 Å². The van der Waals surface area contributed by atoms with Gasteiger partial charge in [0.1, 0.15) is 5.82 Å². The molecule has 0 aromatic heterocycles. The van der Waals surface area contributed by atoms with Gasteiger partial charge in [0.15, 0.2) is 0 Å². The van der Waals surface area contributed by atoms with E-state index in [2.05, 4.69) is 5.32 Å². The summed E-state index contributed by atoms with van der Waals surface area (Å²) in [7, 11) is 0. The van der Waals surface area contributed by atoms with Gasteiger partial charge in [-0.3, -0.25) is 4.79 Å². The molecule has 3 N–H and O–H groups in total. The van der Waals surface area contributed by atoms with Crippen LogP contribution in [0.1, 0.15) is 36.0 Å². The number of carbonyl (C=O) groups is 1. The van der Waals surface area contributed by atoms with Crippen molar-refractivity contribution in [2.24, 2.45) is 5.73 Å². The highest BCUT2D eigenvalue weighted by Gasteiger charge is 2.38. The van der Waals surface area contributed by atoms with Gasteiger partial charge in [0.25, 0.3) is 5.91 Å². The van der Waals surface area contributed by atoms with E-state index in [1.165, 1.54) is 12.1 Å². The van der Waals surface area contributed by atoms with Crippen molar-refractivity contribution in [3.05, 3.63) is 34.6 Å². The molecule has 0 unspecified atom stereocenters. The number of benzene rings is 1. The van der Waals surface area contributed by atoms with E-state index >= 15 is 0 Å². The van der Waals surface area contributed by atoms with Crippen LogP contribution in [0.15, 0.2) is 18.2 Å². The Hall–Kier alpha value is -1.20. The van der Waals surface area contributed by atoms with E-state index in [1.54, 1.807) is 0 Å². The van der Waals surface area contributed by atoms with Gasteiger partial charge >= 0.3 is 0 Å². The molecule has 19 heavy (non-hydrogen) atoms. The molecule has 1 aromatic carbocycles. The maximum atomic E-state index is 13.7. The first-order valence-electron chi connectivity index (χ1n) is 6.02. The zero-order valence-corrected chi connectivity index (χ0v) is 11.8. The van der Waals surface area contributed by atoms with Crippen LogP contribution < -0.4 is 11.1 Å². The van der Waals surface area contributed by atoms with Crippen LogP contribution in [0.5, 0.6) is 0 Å². The molecular weight excluding hydrogens is 287 g/mol. The van der Waals surface area contributed by atoms with E-state index in [9.17, 15) is 9.18 Å². The number of thiocarbonyl (C=S) groups is 1. The molecule has 6 heteroatoms. The third kappa shape index (κ3) is 2.87. The summed E-state index contributed by atoms with van der Waals surface area (Å²) < 4.78 is 13.7. The van der Waals surface area contributed by atoms with Crippen LogP contribution in [0.2, 0.25) is 5.02 Å². The van der Waals surface area contributed by atoms with E-state index in [4.69, 9.17) is 29.6 Å². The fourth-order valence-corrected chi connectivity index (χ4v) is 2.78. The van der Waals surface area contributed by atoms with Crippen molar-refractivity contribution < 1.29 is 9.18 Å². The highest BCUT2D eigenvalue weighted by atomic mass is 35.5. The van der Waals surface area contributed by atoms with Crippen molar-refractivity contribution in [1.82, 2.24) is 5.32 Å². The van der Waals surface area contributed by atoms with Crippen LogP contribution in [-0.4, -0.2) is 16.4 Å². The summed E-state index contributed by atoms with van der Waals surface area (Å²) in [6, 6.07) is 3.94. The van der Waals surface area contributed by atoms with Gasteiger partial charge in [0.2, 0.25) is 0 Å². The number of amides is 1. The Morgan fingerprint density at radius 3 is 2.58 bits per heavy atom. The zero-order valence-electron chi connectivity index (χ0n) is 10.2. The van der Waals surface area contributed by atoms with Gasteiger partial charge in [-0.15, -0.1) is 0 Å². The third-order valence-corrected chi connectivity index (χ3v) is 4.08. The van der Waals surface area contributed by atoms with Crippen molar-refractivity contribution in [2.45, 2.75) is 31.2 Å². The van der Waals surface area contributed by atoms with E-state index in [1.807, 2.05) is 0 Å². The predicted molar refractivity (Wildman–Crippen MR) is 76.9 cm³/mol. The van der Waals surface area contributed by atoms with Crippen LogP contribution in [0.3, 0.4) is 0 Å². The molecule has 1 saturated carbocycles. The monoisotopic (exact) mass is 300 g/mol. The lowest BCUT2D eigenvalue weighted by molar-refractivity contribution is 0.0920. The first-order chi connectivity index (χ1) is 8.94. The Morgan fingerprint density at radius 1 is 1.42 bits per heavy atom. The van der Waals surface area contributed by atoms with Crippen molar-refractivity contribution in [1.29, 1.82) is 0 Å². The van der Waals surface area contributed by atoms with Gasteiger partial charge in [0.05, 0.1) is 16.1 Å². The Bertz CT molecular complexity index is 529. The molecule has 0 bridgehead atoms. The lowest BCUT2D eigenvalue weighted by Crippen LogP contribution is -2.54. The second-order valence-corrected chi connectivity index (χ2v) is 5.61. The second kappa shape index (κ2) is 5.43. The van der Waals surface area contributed by atoms with Crippen molar-refractivity contribution >= 4 is 34.7 Å². The molecule has 2 rings (SSSR count). The minimum atomic E-state index is -0.682. The minimum absolute atomic E-state index is 0.0491. The Balaban J connectivity index is 2.22. The second-order valence-electron chi connectivity index (χ2n) is 4.73. The average Bonchev–Trinajstić information content (AvgIpc) is 2.78. The fourth-order valence-electron chi connectivity index (χ4n) is 2.37.